The number of fused-ring (bicyclic) bond motifs is 2. The van der Waals surface area contributed by atoms with E-state index in [0.29, 0.717) is 10.8 Å². The summed E-state index contributed by atoms with van der Waals surface area (Å²) >= 11 is 12.5. The van der Waals surface area contributed by atoms with Crippen LogP contribution in [-0.4, -0.2) is 11.3 Å². The Balaban J connectivity index is 2.39. The van der Waals surface area contributed by atoms with E-state index in [0.717, 1.165) is 11.8 Å². The van der Waals surface area contributed by atoms with Crippen LogP contribution in [-0.2, 0) is 0 Å². The lowest BCUT2D eigenvalue weighted by Crippen LogP contribution is -2.37. The normalized spacial score (nSPS) is 50.0. The van der Waals surface area contributed by atoms with Gasteiger partial charge in [0.15, 0.2) is 0 Å². The van der Waals surface area contributed by atoms with Crippen molar-refractivity contribution in [2.45, 2.75) is 38.5 Å². The Kier molecular flexibility index (Phi) is 1.94. The van der Waals surface area contributed by atoms with E-state index in [1.54, 1.807) is 0 Å². The molecule has 0 aromatic heterocycles. The Labute approximate surface area is 84.6 Å². The van der Waals surface area contributed by atoms with Crippen LogP contribution >= 0.6 is 23.2 Å². The second-order valence-corrected chi connectivity index (χ2v) is 5.74. The van der Waals surface area contributed by atoms with Gasteiger partial charge in [-0.2, -0.15) is 0 Å². The number of hydrogen-bond donors (Lipinski definition) is 0. The summed E-state index contributed by atoms with van der Waals surface area (Å²) in [6.07, 6.45) is 3.76. The van der Waals surface area contributed by atoms with Crippen LogP contribution in [0.2, 0.25) is 0 Å². The third-order valence-corrected chi connectivity index (χ3v) is 5.65. The first-order chi connectivity index (χ1) is 5.54. The van der Waals surface area contributed by atoms with Gasteiger partial charge in [0.2, 0.25) is 0 Å². The Morgan fingerprint density at radius 2 is 2.08 bits per heavy atom. The summed E-state index contributed by atoms with van der Waals surface area (Å²) in [6, 6.07) is 0. The van der Waals surface area contributed by atoms with E-state index in [4.69, 9.17) is 23.2 Å². The maximum absolute atomic E-state index is 6.37. The van der Waals surface area contributed by atoms with Crippen molar-refractivity contribution < 1.29 is 0 Å². The molecule has 0 saturated heterocycles. The van der Waals surface area contributed by atoms with Crippen molar-refractivity contribution in [2.75, 3.05) is 5.88 Å². The minimum Gasteiger partial charge on any atom is -0.126 e. The lowest BCUT2D eigenvalue weighted by molar-refractivity contribution is 0.159. The first-order valence-corrected chi connectivity index (χ1v) is 5.72. The average Bonchev–Trinajstić information content (AvgIpc) is 2.36. The molecule has 0 amide bonds. The van der Waals surface area contributed by atoms with Gasteiger partial charge in [-0.25, -0.2) is 0 Å². The van der Waals surface area contributed by atoms with Gasteiger partial charge >= 0.3 is 0 Å². The van der Waals surface area contributed by atoms with Crippen molar-refractivity contribution in [2.24, 2.45) is 16.7 Å². The molecule has 12 heavy (non-hydrogen) atoms. The lowest BCUT2D eigenvalue weighted by atomic mass is 9.70. The molecule has 0 aromatic rings. The fraction of sp³-hybridized carbons (Fsp3) is 1.00. The van der Waals surface area contributed by atoms with Crippen LogP contribution in [0.25, 0.3) is 0 Å². The molecule has 70 valence electrons. The van der Waals surface area contributed by atoms with Gasteiger partial charge in [-0.15, -0.1) is 23.2 Å². The molecular formula is C10H16Cl2. The third kappa shape index (κ3) is 0.812. The average molecular weight is 207 g/mol. The first-order valence-electron chi connectivity index (χ1n) is 4.74. The van der Waals surface area contributed by atoms with Gasteiger partial charge in [0.1, 0.15) is 0 Å². The Morgan fingerprint density at radius 1 is 1.42 bits per heavy atom. The van der Waals surface area contributed by atoms with Gasteiger partial charge in [0.05, 0.1) is 0 Å². The number of rotatable bonds is 1. The largest absolute Gasteiger partial charge is 0.126 e. The number of hydrogen-bond acceptors (Lipinski definition) is 0. The van der Waals surface area contributed by atoms with Gasteiger partial charge in [-0.3, -0.25) is 0 Å². The van der Waals surface area contributed by atoms with Crippen molar-refractivity contribution >= 4 is 23.2 Å². The van der Waals surface area contributed by atoms with E-state index in [9.17, 15) is 0 Å². The van der Waals surface area contributed by atoms with Crippen LogP contribution in [0.4, 0.5) is 0 Å². The topological polar surface area (TPSA) is 0 Å². The van der Waals surface area contributed by atoms with E-state index in [-0.39, 0.29) is 5.41 Å². The van der Waals surface area contributed by atoms with Crippen LogP contribution < -0.4 is 0 Å². The standard InChI is InChI=1S/C10H16Cl2/c1-9(2)7-3-4-10(9,6-11)8(12)5-7/h7-8H,3-6H2,1-2H3/t7-,8+,10-/m0/s1. The SMILES string of the molecule is CC1(C)[C@H]2CC[C@]1(CCl)[C@H](Cl)C2. The summed E-state index contributed by atoms with van der Waals surface area (Å²) in [4.78, 5) is 0. The van der Waals surface area contributed by atoms with Crippen molar-refractivity contribution in [1.82, 2.24) is 0 Å². The molecule has 2 saturated carbocycles. The van der Waals surface area contributed by atoms with Crippen molar-refractivity contribution in [1.29, 1.82) is 0 Å². The molecule has 0 radical (unpaired) electrons. The van der Waals surface area contributed by atoms with Crippen LogP contribution in [0.3, 0.4) is 0 Å². The van der Waals surface area contributed by atoms with E-state index in [1.165, 1.54) is 19.3 Å². The Bertz CT molecular complexity index is 200. The highest BCUT2D eigenvalue weighted by Crippen LogP contribution is 2.67. The summed E-state index contributed by atoms with van der Waals surface area (Å²) in [5.41, 5.74) is 0.613. The minimum atomic E-state index is 0.237. The Hall–Kier alpha value is 0.580. The molecule has 0 aromatic carbocycles. The second-order valence-electron chi connectivity index (χ2n) is 4.95. The highest BCUT2D eigenvalue weighted by molar-refractivity contribution is 6.23. The first kappa shape index (κ1) is 9.15. The van der Waals surface area contributed by atoms with Gasteiger partial charge in [0.25, 0.3) is 0 Å². The summed E-state index contributed by atoms with van der Waals surface area (Å²) in [5.74, 6) is 1.56. The van der Waals surface area contributed by atoms with Gasteiger partial charge in [0, 0.05) is 16.7 Å². The van der Waals surface area contributed by atoms with Crippen molar-refractivity contribution in [3.63, 3.8) is 0 Å². The second kappa shape index (κ2) is 2.54. The quantitative estimate of drug-likeness (QED) is 0.575. The summed E-state index contributed by atoms with van der Waals surface area (Å²) in [6.45, 7) is 4.69. The zero-order valence-electron chi connectivity index (χ0n) is 7.74. The highest BCUT2D eigenvalue weighted by atomic mass is 35.5. The minimum absolute atomic E-state index is 0.237. The third-order valence-electron chi connectivity index (χ3n) is 4.57. The smallest absolute Gasteiger partial charge is 0.0411 e. The molecule has 0 nitrogen and oxygen atoms in total. The number of alkyl halides is 2. The number of halogens is 2. The molecule has 0 unspecified atom stereocenters. The zero-order chi connectivity index (χ0) is 8.98. The monoisotopic (exact) mass is 206 g/mol. The molecule has 0 N–H and O–H groups in total. The molecule has 2 fully saturated rings. The van der Waals surface area contributed by atoms with E-state index >= 15 is 0 Å². The van der Waals surface area contributed by atoms with E-state index in [2.05, 4.69) is 13.8 Å². The predicted octanol–water partition coefficient (Wildman–Crippen LogP) is 3.66. The summed E-state index contributed by atoms with van der Waals surface area (Å²) < 4.78 is 0. The fourth-order valence-corrected chi connectivity index (χ4v) is 4.72. The molecule has 2 aliphatic carbocycles. The molecule has 0 heterocycles. The summed E-state index contributed by atoms with van der Waals surface area (Å²) in [5, 5.41) is 0.323. The van der Waals surface area contributed by atoms with Crippen LogP contribution in [0.5, 0.6) is 0 Å². The van der Waals surface area contributed by atoms with E-state index in [1.807, 2.05) is 0 Å². The summed E-state index contributed by atoms with van der Waals surface area (Å²) in [7, 11) is 0. The van der Waals surface area contributed by atoms with Crippen molar-refractivity contribution in [3.05, 3.63) is 0 Å². The van der Waals surface area contributed by atoms with Crippen LogP contribution in [0, 0.1) is 16.7 Å². The molecular weight excluding hydrogens is 191 g/mol. The molecule has 2 bridgehead atoms. The van der Waals surface area contributed by atoms with Crippen molar-refractivity contribution in [3.8, 4) is 0 Å². The van der Waals surface area contributed by atoms with Crippen LogP contribution in [0.1, 0.15) is 33.1 Å². The van der Waals surface area contributed by atoms with Gasteiger partial charge in [-0.1, -0.05) is 13.8 Å². The molecule has 2 heteroatoms. The zero-order valence-corrected chi connectivity index (χ0v) is 9.25. The van der Waals surface area contributed by atoms with Gasteiger partial charge in [-0.05, 0) is 30.6 Å². The molecule has 0 spiro atoms. The lowest BCUT2D eigenvalue weighted by Gasteiger charge is -2.38. The van der Waals surface area contributed by atoms with Gasteiger partial charge < -0.3 is 0 Å². The Morgan fingerprint density at radius 3 is 2.33 bits per heavy atom. The fourth-order valence-electron chi connectivity index (χ4n) is 3.29. The highest BCUT2D eigenvalue weighted by Gasteiger charge is 2.62. The molecule has 2 rings (SSSR count). The predicted molar refractivity (Wildman–Crippen MR) is 53.9 cm³/mol. The molecule has 3 atom stereocenters. The maximum Gasteiger partial charge on any atom is 0.0411 e. The van der Waals surface area contributed by atoms with E-state index < -0.39 is 0 Å². The molecule has 2 aliphatic rings. The van der Waals surface area contributed by atoms with Crippen LogP contribution in [0.15, 0.2) is 0 Å². The maximum atomic E-state index is 6.37. The molecule has 0 aliphatic heterocycles.